The van der Waals surface area contributed by atoms with E-state index in [4.69, 9.17) is 21.1 Å². The molecule has 2 aromatic carbocycles. The van der Waals surface area contributed by atoms with Gasteiger partial charge in [-0.1, -0.05) is 23.7 Å². The molecular formula is C20H21ClN4O2. The van der Waals surface area contributed by atoms with Crippen molar-refractivity contribution in [1.82, 2.24) is 9.97 Å². The van der Waals surface area contributed by atoms with E-state index in [-0.39, 0.29) is 6.10 Å². The number of ether oxygens (including phenoxy) is 2. The molecule has 3 aromatic rings. The van der Waals surface area contributed by atoms with Crippen molar-refractivity contribution in [3.8, 4) is 11.5 Å². The van der Waals surface area contributed by atoms with Crippen LogP contribution in [0, 0.1) is 0 Å². The van der Waals surface area contributed by atoms with Gasteiger partial charge in [0.15, 0.2) is 0 Å². The third-order valence-corrected chi connectivity index (χ3v) is 3.84. The van der Waals surface area contributed by atoms with E-state index in [1.807, 2.05) is 38.1 Å². The molecule has 0 amide bonds. The molecule has 0 saturated carbocycles. The van der Waals surface area contributed by atoms with Crippen LogP contribution in [-0.2, 0) is 0 Å². The molecule has 1 heterocycles. The highest BCUT2D eigenvalue weighted by Gasteiger charge is 2.09. The summed E-state index contributed by atoms with van der Waals surface area (Å²) in [5.74, 6) is 2.67. The number of rotatable bonds is 7. The monoisotopic (exact) mass is 384 g/mol. The van der Waals surface area contributed by atoms with Crippen molar-refractivity contribution in [2.75, 3.05) is 17.7 Å². The summed E-state index contributed by atoms with van der Waals surface area (Å²) in [5.41, 5.74) is 1.55. The van der Waals surface area contributed by atoms with Gasteiger partial charge in [-0.25, -0.2) is 9.97 Å². The SMILES string of the molecule is COc1ccc(Cl)cc1Nc1cc(Nc2ccccc2OC(C)C)ncn1. The lowest BCUT2D eigenvalue weighted by Gasteiger charge is -2.15. The van der Waals surface area contributed by atoms with Gasteiger partial charge < -0.3 is 20.1 Å². The molecule has 2 N–H and O–H groups in total. The van der Waals surface area contributed by atoms with E-state index in [0.717, 1.165) is 17.1 Å². The zero-order chi connectivity index (χ0) is 19.2. The van der Waals surface area contributed by atoms with Crippen LogP contribution in [0.5, 0.6) is 11.5 Å². The van der Waals surface area contributed by atoms with E-state index < -0.39 is 0 Å². The van der Waals surface area contributed by atoms with Crippen molar-refractivity contribution in [2.45, 2.75) is 20.0 Å². The number of halogens is 1. The van der Waals surface area contributed by atoms with Crippen LogP contribution in [0.25, 0.3) is 0 Å². The zero-order valence-corrected chi connectivity index (χ0v) is 16.1. The number of anilines is 4. The Balaban J connectivity index is 1.82. The van der Waals surface area contributed by atoms with Crippen LogP contribution in [-0.4, -0.2) is 23.2 Å². The van der Waals surface area contributed by atoms with Crippen LogP contribution in [0.3, 0.4) is 0 Å². The standard InChI is InChI=1S/C20H21ClN4O2/c1-13(2)27-18-7-5-4-6-15(18)24-19-11-20(23-12-22-19)25-16-10-14(21)8-9-17(16)26-3/h4-13H,1-3H3,(H2,22,23,24,25). The summed E-state index contributed by atoms with van der Waals surface area (Å²) in [7, 11) is 1.60. The highest BCUT2D eigenvalue weighted by Crippen LogP contribution is 2.31. The van der Waals surface area contributed by atoms with E-state index in [9.17, 15) is 0 Å². The molecule has 0 aliphatic rings. The lowest BCUT2D eigenvalue weighted by molar-refractivity contribution is 0.244. The third-order valence-electron chi connectivity index (χ3n) is 3.60. The Morgan fingerprint density at radius 1 is 0.889 bits per heavy atom. The summed E-state index contributed by atoms with van der Waals surface area (Å²) >= 11 is 6.08. The fourth-order valence-corrected chi connectivity index (χ4v) is 2.65. The van der Waals surface area contributed by atoms with Gasteiger partial charge in [0.05, 0.1) is 24.6 Å². The van der Waals surface area contributed by atoms with Gasteiger partial charge >= 0.3 is 0 Å². The van der Waals surface area contributed by atoms with Gasteiger partial charge in [0.2, 0.25) is 0 Å². The van der Waals surface area contributed by atoms with Crippen molar-refractivity contribution in [1.29, 1.82) is 0 Å². The van der Waals surface area contributed by atoms with Gasteiger partial charge in [0.25, 0.3) is 0 Å². The summed E-state index contributed by atoms with van der Waals surface area (Å²) in [5, 5.41) is 7.08. The zero-order valence-electron chi connectivity index (χ0n) is 15.4. The molecule has 1 aromatic heterocycles. The molecule has 27 heavy (non-hydrogen) atoms. The fourth-order valence-electron chi connectivity index (χ4n) is 2.47. The van der Waals surface area contributed by atoms with Crippen LogP contribution in [0.15, 0.2) is 54.9 Å². The maximum atomic E-state index is 6.08. The highest BCUT2D eigenvalue weighted by atomic mass is 35.5. The number of hydrogen-bond donors (Lipinski definition) is 2. The number of nitrogens with one attached hydrogen (secondary N) is 2. The van der Waals surface area contributed by atoms with Crippen molar-refractivity contribution in [3.05, 3.63) is 59.9 Å². The number of benzene rings is 2. The first-order chi connectivity index (χ1) is 13.0. The van der Waals surface area contributed by atoms with Gasteiger partial charge in [-0.2, -0.15) is 0 Å². The topological polar surface area (TPSA) is 68.3 Å². The van der Waals surface area contributed by atoms with Crippen molar-refractivity contribution in [2.24, 2.45) is 0 Å². The molecule has 3 rings (SSSR count). The fraction of sp³-hybridized carbons (Fsp3) is 0.200. The molecule has 0 radical (unpaired) electrons. The van der Waals surface area contributed by atoms with Crippen molar-refractivity contribution < 1.29 is 9.47 Å². The second kappa shape index (κ2) is 8.60. The van der Waals surface area contributed by atoms with Crippen LogP contribution >= 0.6 is 11.6 Å². The second-order valence-corrected chi connectivity index (χ2v) is 6.48. The Kier molecular flexibility index (Phi) is 5.98. The molecule has 0 fully saturated rings. The summed E-state index contributed by atoms with van der Waals surface area (Å²) in [6.45, 7) is 3.98. The van der Waals surface area contributed by atoms with Crippen molar-refractivity contribution in [3.63, 3.8) is 0 Å². The van der Waals surface area contributed by atoms with Gasteiger partial charge in [-0.15, -0.1) is 0 Å². The Morgan fingerprint density at radius 3 is 2.30 bits per heavy atom. The van der Waals surface area contributed by atoms with E-state index in [0.29, 0.717) is 22.4 Å². The largest absolute Gasteiger partial charge is 0.495 e. The lowest BCUT2D eigenvalue weighted by Crippen LogP contribution is -2.07. The molecule has 6 nitrogen and oxygen atoms in total. The average molecular weight is 385 g/mol. The highest BCUT2D eigenvalue weighted by molar-refractivity contribution is 6.31. The minimum atomic E-state index is 0.0749. The predicted molar refractivity (Wildman–Crippen MR) is 109 cm³/mol. The molecular weight excluding hydrogens is 364 g/mol. The Bertz CT molecular complexity index is 918. The van der Waals surface area contributed by atoms with E-state index in [2.05, 4.69) is 20.6 Å². The van der Waals surface area contributed by atoms with Gasteiger partial charge in [0.1, 0.15) is 29.5 Å². The van der Waals surface area contributed by atoms with Crippen molar-refractivity contribution >= 4 is 34.6 Å². The molecule has 0 atom stereocenters. The number of hydrogen-bond acceptors (Lipinski definition) is 6. The predicted octanol–water partition coefficient (Wildman–Crippen LogP) is 5.41. The molecule has 0 bridgehead atoms. The minimum Gasteiger partial charge on any atom is -0.495 e. The Hall–Kier alpha value is -2.99. The molecule has 0 saturated heterocycles. The van der Waals surface area contributed by atoms with Crippen LogP contribution in [0.4, 0.5) is 23.0 Å². The molecule has 0 aliphatic heterocycles. The normalized spacial score (nSPS) is 10.6. The maximum absolute atomic E-state index is 6.08. The minimum absolute atomic E-state index is 0.0749. The lowest BCUT2D eigenvalue weighted by atomic mass is 10.2. The first-order valence-electron chi connectivity index (χ1n) is 8.50. The molecule has 0 spiro atoms. The summed E-state index contributed by atoms with van der Waals surface area (Å²) in [6, 6.07) is 14.9. The maximum Gasteiger partial charge on any atom is 0.143 e. The quantitative estimate of drug-likeness (QED) is 0.567. The molecule has 140 valence electrons. The number of methoxy groups -OCH3 is 1. The molecule has 7 heteroatoms. The first-order valence-corrected chi connectivity index (χ1v) is 8.88. The first kappa shape index (κ1) is 18.8. The number of aromatic nitrogens is 2. The molecule has 0 unspecified atom stereocenters. The Morgan fingerprint density at radius 2 is 1.59 bits per heavy atom. The summed E-state index contributed by atoms with van der Waals surface area (Å²) < 4.78 is 11.2. The summed E-state index contributed by atoms with van der Waals surface area (Å²) in [4.78, 5) is 8.54. The van der Waals surface area contributed by atoms with E-state index >= 15 is 0 Å². The van der Waals surface area contributed by atoms with Crippen LogP contribution in [0.1, 0.15) is 13.8 Å². The Labute approximate surface area is 163 Å². The second-order valence-electron chi connectivity index (χ2n) is 6.05. The van der Waals surface area contributed by atoms with E-state index in [1.165, 1.54) is 6.33 Å². The van der Waals surface area contributed by atoms with Gasteiger partial charge in [0, 0.05) is 11.1 Å². The number of nitrogens with zero attached hydrogens (tertiary/aromatic N) is 2. The smallest absolute Gasteiger partial charge is 0.143 e. The third kappa shape index (κ3) is 5.01. The number of para-hydroxylation sites is 2. The summed E-state index contributed by atoms with van der Waals surface area (Å²) in [6.07, 6.45) is 1.55. The van der Waals surface area contributed by atoms with Gasteiger partial charge in [-0.05, 0) is 44.2 Å². The van der Waals surface area contributed by atoms with Gasteiger partial charge in [-0.3, -0.25) is 0 Å². The van der Waals surface area contributed by atoms with E-state index in [1.54, 1.807) is 31.4 Å². The molecule has 0 aliphatic carbocycles. The van der Waals surface area contributed by atoms with Crippen LogP contribution in [0.2, 0.25) is 5.02 Å². The average Bonchev–Trinajstić information content (AvgIpc) is 2.63. The van der Waals surface area contributed by atoms with Crippen LogP contribution < -0.4 is 20.1 Å².